The van der Waals surface area contributed by atoms with Crippen LogP contribution >= 0.6 is 12.4 Å². The van der Waals surface area contributed by atoms with Gasteiger partial charge in [0.1, 0.15) is 0 Å². The standard InChI is InChI=1S/C19H23N3O.ClH/c1-19(2)17(14-7-10-22(19)11-8-14)21-18(23)15-6-5-13-4-3-9-20-16(13)12-15;/h3-6,9,12,14,17H,7-8,10-11H2,1-2H3,(H,21,23);1H/t17-;/m1./s1. The zero-order chi connectivity index (χ0) is 16.0. The fourth-order valence-electron chi connectivity index (χ4n) is 4.31. The van der Waals surface area contributed by atoms with Crippen molar-refractivity contribution >= 4 is 29.2 Å². The summed E-state index contributed by atoms with van der Waals surface area (Å²) < 4.78 is 0. The van der Waals surface area contributed by atoms with Crippen LogP contribution in [0.25, 0.3) is 10.9 Å². The van der Waals surface area contributed by atoms with Gasteiger partial charge in [0, 0.05) is 28.7 Å². The first kappa shape index (κ1) is 17.2. The Kier molecular flexibility index (Phi) is 4.54. The topological polar surface area (TPSA) is 45.2 Å². The molecule has 0 saturated carbocycles. The monoisotopic (exact) mass is 345 g/mol. The van der Waals surface area contributed by atoms with Crippen molar-refractivity contribution in [1.82, 2.24) is 15.2 Å². The van der Waals surface area contributed by atoms with Gasteiger partial charge in [-0.3, -0.25) is 14.7 Å². The van der Waals surface area contributed by atoms with Crippen molar-refractivity contribution in [2.24, 2.45) is 5.92 Å². The van der Waals surface area contributed by atoms with Crippen molar-refractivity contribution in [2.45, 2.75) is 38.3 Å². The maximum Gasteiger partial charge on any atom is 0.251 e. The number of amides is 1. The molecule has 0 aliphatic carbocycles. The summed E-state index contributed by atoms with van der Waals surface area (Å²) in [6, 6.07) is 9.90. The summed E-state index contributed by atoms with van der Waals surface area (Å²) in [5.41, 5.74) is 1.60. The third-order valence-corrected chi connectivity index (χ3v) is 5.74. The Morgan fingerprint density at radius 3 is 2.71 bits per heavy atom. The van der Waals surface area contributed by atoms with E-state index >= 15 is 0 Å². The van der Waals surface area contributed by atoms with Crippen molar-refractivity contribution in [1.29, 1.82) is 0 Å². The molecule has 1 atom stereocenters. The molecule has 0 unspecified atom stereocenters. The number of nitrogens with zero attached hydrogens (tertiary/aromatic N) is 2. The zero-order valence-electron chi connectivity index (χ0n) is 14.2. The van der Waals surface area contributed by atoms with Crippen molar-refractivity contribution < 1.29 is 4.79 Å². The summed E-state index contributed by atoms with van der Waals surface area (Å²) in [6.07, 6.45) is 4.14. The van der Waals surface area contributed by atoms with E-state index in [0.717, 1.165) is 24.0 Å². The van der Waals surface area contributed by atoms with E-state index < -0.39 is 0 Å². The number of carbonyl (C=O) groups excluding carboxylic acids is 1. The Balaban J connectivity index is 0.00000169. The Bertz CT molecular complexity index is 753. The predicted octanol–water partition coefficient (Wildman–Crippen LogP) is 3.26. The van der Waals surface area contributed by atoms with Gasteiger partial charge < -0.3 is 5.32 Å². The van der Waals surface area contributed by atoms with Crippen LogP contribution in [-0.2, 0) is 0 Å². The lowest BCUT2D eigenvalue weighted by atomic mass is 9.72. The third kappa shape index (κ3) is 2.78. The number of benzene rings is 1. The van der Waals surface area contributed by atoms with Gasteiger partial charge in [-0.25, -0.2) is 0 Å². The van der Waals surface area contributed by atoms with Gasteiger partial charge >= 0.3 is 0 Å². The lowest BCUT2D eigenvalue weighted by Crippen LogP contribution is -2.69. The van der Waals surface area contributed by atoms with Gasteiger partial charge in [-0.1, -0.05) is 12.1 Å². The second kappa shape index (κ2) is 6.34. The second-order valence-electron chi connectivity index (χ2n) is 7.34. The molecule has 3 fully saturated rings. The number of hydrogen-bond acceptors (Lipinski definition) is 3. The predicted molar refractivity (Wildman–Crippen MR) is 98.6 cm³/mol. The fraction of sp³-hybridized carbons (Fsp3) is 0.474. The van der Waals surface area contributed by atoms with E-state index in [4.69, 9.17) is 0 Å². The number of rotatable bonds is 2. The highest BCUT2D eigenvalue weighted by Crippen LogP contribution is 2.39. The lowest BCUT2D eigenvalue weighted by molar-refractivity contribution is -0.0378. The van der Waals surface area contributed by atoms with Crippen LogP contribution in [0.3, 0.4) is 0 Å². The van der Waals surface area contributed by atoms with E-state index in [-0.39, 0.29) is 29.9 Å². The molecule has 1 amide bonds. The molecule has 5 rings (SSSR count). The molecule has 0 spiro atoms. The summed E-state index contributed by atoms with van der Waals surface area (Å²) >= 11 is 0. The first-order chi connectivity index (χ1) is 11.1. The number of nitrogens with one attached hydrogen (secondary N) is 1. The Labute approximate surface area is 149 Å². The number of piperidine rings is 3. The van der Waals surface area contributed by atoms with E-state index in [1.54, 1.807) is 6.20 Å². The highest BCUT2D eigenvalue weighted by atomic mass is 35.5. The van der Waals surface area contributed by atoms with E-state index in [1.807, 2.05) is 30.3 Å². The van der Waals surface area contributed by atoms with Crippen molar-refractivity contribution in [3.05, 3.63) is 42.1 Å². The van der Waals surface area contributed by atoms with Crippen molar-refractivity contribution in [3.8, 4) is 0 Å². The summed E-state index contributed by atoms with van der Waals surface area (Å²) in [5.74, 6) is 0.613. The quantitative estimate of drug-likeness (QED) is 0.908. The molecule has 1 aromatic carbocycles. The molecule has 3 aliphatic heterocycles. The molecule has 4 nitrogen and oxygen atoms in total. The number of fused-ring (bicyclic) bond motifs is 4. The minimum atomic E-state index is 0. The van der Waals surface area contributed by atoms with Gasteiger partial charge in [-0.2, -0.15) is 0 Å². The minimum absolute atomic E-state index is 0. The summed E-state index contributed by atoms with van der Waals surface area (Å²) in [7, 11) is 0. The molecule has 3 saturated heterocycles. The average molecular weight is 346 g/mol. The Morgan fingerprint density at radius 1 is 1.25 bits per heavy atom. The number of pyridine rings is 1. The smallest absolute Gasteiger partial charge is 0.251 e. The molecule has 1 N–H and O–H groups in total. The molecule has 5 heteroatoms. The maximum atomic E-state index is 12.8. The Hall–Kier alpha value is -1.65. The first-order valence-corrected chi connectivity index (χ1v) is 8.46. The lowest BCUT2D eigenvalue weighted by Gasteiger charge is -2.56. The highest BCUT2D eigenvalue weighted by molar-refractivity contribution is 5.98. The van der Waals surface area contributed by atoms with Crippen LogP contribution in [-0.4, -0.2) is 40.5 Å². The highest BCUT2D eigenvalue weighted by Gasteiger charge is 2.48. The van der Waals surface area contributed by atoms with Gasteiger partial charge in [-0.05, 0) is 63.9 Å². The molecule has 2 aromatic rings. The fourth-order valence-corrected chi connectivity index (χ4v) is 4.31. The van der Waals surface area contributed by atoms with E-state index in [2.05, 4.69) is 29.0 Å². The van der Waals surface area contributed by atoms with Crippen molar-refractivity contribution in [2.75, 3.05) is 13.1 Å². The molecule has 2 bridgehead atoms. The van der Waals surface area contributed by atoms with Crippen LogP contribution in [0.2, 0.25) is 0 Å². The molecule has 3 aliphatic rings. The van der Waals surface area contributed by atoms with Gasteiger partial charge in [0.2, 0.25) is 0 Å². The number of carbonyl (C=O) groups is 1. The SMILES string of the molecule is CC1(C)[C@H](NC(=O)c2ccc3cccnc3c2)C2CCN1CC2.Cl. The number of aromatic nitrogens is 1. The number of hydrogen-bond donors (Lipinski definition) is 1. The third-order valence-electron chi connectivity index (χ3n) is 5.74. The normalized spacial score (nSPS) is 27.5. The average Bonchev–Trinajstić information content (AvgIpc) is 2.58. The molecule has 0 radical (unpaired) electrons. The van der Waals surface area contributed by atoms with Crippen LogP contribution in [0.15, 0.2) is 36.5 Å². The number of halogens is 1. The van der Waals surface area contributed by atoms with Crippen LogP contribution in [0.5, 0.6) is 0 Å². The summed E-state index contributed by atoms with van der Waals surface area (Å²) in [5, 5.41) is 4.38. The molecule has 4 heterocycles. The molecule has 1 aromatic heterocycles. The minimum Gasteiger partial charge on any atom is -0.347 e. The summed E-state index contributed by atoms with van der Waals surface area (Å²) in [6.45, 7) is 6.82. The largest absolute Gasteiger partial charge is 0.347 e. The van der Waals surface area contributed by atoms with Gasteiger partial charge in [0.25, 0.3) is 5.91 Å². The molecule has 24 heavy (non-hydrogen) atoms. The molecule has 128 valence electrons. The zero-order valence-corrected chi connectivity index (χ0v) is 15.0. The van der Waals surface area contributed by atoms with Gasteiger partial charge in [0.15, 0.2) is 0 Å². The van der Waals surface area contributed by atoms with Crippen LogP contribution in [0.1, 0.15) is 37.0 Å². The summed E-state index contributed by atoms with van der Waals surface area (Å²) in [4.78, 5) is 19.6. The second-order valence-corrected chi connectivity index (χ2v) is 7.34. The van der Waals surface area contributed by atoms with Crippen LogP contribution in [0.4, 0.5) is 0 Å². The first-order valence-electron chi connectivity index (χ1n) is 8.46. The van der Waals surface area contributed by atoms with Crippen LogP contribution < -0.4 is 5.32 Å². The maximum absolute atomic E-state index is 12.8. The van der Waals surface area contributed by atoms with Crippen molar-refractivity contribution in [3.63, 3.8) is 0 Å². The molecular weight excluding hydrogens is 322 g/mol. The molecular formula is C19H24ClN3O. The van der Waals surface area contributed by atoms with Gasteiger partial charge in [-0.15, -0.1) is 12.4 Å². The van der Waals surface area contributed by atoms with E-state index in [1.165, 1.54) is 12.8 Å². The van der Waals surface area contributed by atoms with E-state index in [0.29, 0.717) is 11.5 Å². The van der Waals surface area contributed by atoms with Crippen LogP contribution in [0, 0.1) is 5.92 Å². The van der Waals surface area contributed by atoms with E-state index in [9.17, 15) is 4.79 Å². The van der Waals surface area contributed by atoms with Gasteiger partial charge in [0.05, 0.1) is 5.52 Å². The Morgan fingerprint density at radius 2 is 2.00 bits per heavy atom.